The van der Waals surface area contributed by atoms with Crippen LogP contribution in [0.3, 0.4) is 0 Å². The fourth-order valence-corrected chi connectivity index (χ4v) is 2.86. The smallest absolute Gasteiger partial charge is 0.0174 e. The van der Waals surface area contributed by atoms with Crippen molar-refractivity contribution in [1.29, 1.82) is 0 Å². The lowest BCUT2D eigenvalue weighted by molar-refractivity contribution is 0.349. The molecule has 0 bridgehead atoms. The molecule has 12 heavy (non-hydrogen) atoms. The molecule has 0 aliphatic heterocycles. The van der Waals surface area contributed by atoms with Crippen molar-refractivity contribution < 1.29 is 0 Å². The lowest BCUT2D eigenvalue weighted by Crippen LogP contribution is -2.18. The summed E-state index contributed by atoms with van der Waals surface area (Å²) in [6, 6.07) is 0. The molecule has 1 fully saturated rings. The Balaban J connectivity index is 2.15. The maximum absolute atomic E-state index is 3.78. The van der Waals surface area contributed by atoms with E-state index < -0.39 is 0 Å². The monoisotopic (exact) mass is 230 g/mol. The van der Waals surface area contributed by atoms with Crippen LogP contribution in [0.15, 0.2) is 12.7 Å². The van der Waals surface area contributed by atoms with Crippen molar-refractivity contribution in [2.24, 2.45) is 5.92 Å². The minimum absolute atomic E-state index is 0.802. The van der Waals surface area contributed by atoms with Crippen molar-refractivity contribution in [3.05, 3.63) is 12.7 Å². The molecule has 1 aliphatic rings. The molecule has 0 aromatic heterocycles. The first-order chi connectivity index (χ1) is 5.84. The summed E-state index contributed by atoms with van der Waals surface area (Å²) < 4.78 is 0. The molecule has 1 heteroatoms. The second kappa shape index (κ2) is 5.80. The van der Waals surface area contributed by atoms with Gasteiger partial charge in [0.05, 0.1) is 0 Å². The molecule has 0 aromatic rings. The zero-order chi connectivity index (χ0) is 8.81. The highest BCUT2D eigenvalue weighted by molar-refractivity contribution is 9.09. The van der Waals surface area contributed by atoms with Gasteiger partial charge < -0.3 is 0 Å². The van der Waals surface area contributed by atoms with E-state index in [2.05, 4.69) is 22.5 Å². The summed E-state index contributed by atoms with van der Waals surface area (Å²) >= 11 is 3.78. The molecule has 0 radical (unpaired) electrons. The first-order valence-electron chi connectivity index (χ1n) is 5.09. The molecule has 0 aromatic carbocycles. The standard InChI is InChI=1S/C11H19Br/c1-2-3-4-7-10-8-5-6-9-11(10)12/h2,10-11H,1,3-9H2. The molecule has 1 aliphatic carbocycles. The van der Waals surface area contributed by atoms with Gasteiger partial charge >= 0.3 is 0 Å². The molecule has 70 valence electrons. The number of rotatable bonds is 4. The predicted octanol–water partition coefficient (Wildman–Crippen LogP) is 4.30. The number of alkyl halides is 1. The third kappa shape index (κ3) is 3.30. The van der Waals surface area contributed by atoms with Gasteiger partial charge in [0.1, 0.15) is 0 Å². The largest absolute Gasteiger partial charge is 0.103 e. The van der Waals surface area contributed by atoms with Gasteiger partial charge in [-0.1, -0.05) is 34.8 Å². The van der Waals surface area contributed by atoms with E-state index in [0.717, 1.165) is 10.7 Å². The lowest BCUT2D eigenvalue weighted by Gasteiger charge is -2.27. The van der Waals surface area contributed by atoms with Crippen LogP contribution in [-0.4, -0.2) is 4.83 Å². The van der Waals surface area contributed by atoms with E-state index in [4.69, 9.17) is 0 Å². The maximum Gasteiger partial charge on any atom is 0.0174 e. The third-order valence-electron chi connectivity index (χ3n) is 2.80. The van der Waals surface area contributed by atoms with Crippen molar-refractivity contribution in [2.45, 2.75) is 49.8 Å². The van der Waals surface area contributed by atoms with E-state index in [9.17, 15) is 0 Å². The van der Waals surface area contributed by atoms with Gasteiger partial charge in [-0.2, -0.15) is 0 Å². The van der Waals surface area contributed by atoms with Gasteiger partial charge in [-0.25, -0.2) is 0 Å². The average Bonchev–Trinajstić information content (AvgIpc) is 2.09. The molecule has 0 spiro atoms. The normalized spacial score (nSPS) is 30.1. The zero-order valence-electron chi connectivity index (χ0n) is 7.77. The number of allylic oxidation sites excluding steroid dienone is 1. The quantitative estimate of drug-likeness (QED) is 0.384. The Bertz CT molecular complexity index is 131. The Hall–Kier alpha value is 0.220. The first-order valence-corrected chi connectivity index (χ1v) is 6.01. The van der Waals surface area contributed by atoms with Crippen molar-refractivity contribution in [2.75, 3.05) is 0 Å². The van der Waals surface area contributed by atoms with Crippen LogP contribution in [0.2, 0.25) is 0 Å². The summed E-state index contributed by atoms with van der Waals surface area (Å²) in [7, 11) is 0. The van der Waals surface area contributed by atoms with E-state index in [0.29, 0.717) is 0 Å². The fourth-order valence-electron chi connectivity index (χ4n) is 2.01. The second-order valence-corrected chi connectivity index (χ2v) is 4.96. The molecule has 2 unspecified atom stereocenters. The van der Waals surface area contributed by atoms with E-state index in [1.54, 1.807) is 0 Å². The number of unbranched alkanes of at least 4 members (excludes halogenated alkanes) is 1. The van der Waals surface area contributed by atoms with Crippen LogP contribution in [-0.2, 0) is 0 Å². The van der Waals surface area contributed by atoms with E-state index in [-0.39, 0.29) is 0 Å². The van der Waals surface area contributed by atoms with Crippen molar-refractivity contribution in [3.63, 3.8) is 0 Å². The topological polar surface area (TPSA) is 0 Å². The number of hydrogen-bond acceptors (Lipinski definition) is 0. The van der Waals surface area contributed by atoms with E-state index >= 15 is 0 Å². The highest BCUT2D eigenvalue weighted by atomic mass is 79.9. The molecule has 2 atom stereocenters. The second-order valence-electron chi connectivity index (χ2n) is 3.78. The molecule has 0 heterocycles. The Morgan fingerprint density at radius 2 is 2.08 bits per heavy atom. The van der Waals surface area contributed by atoms with Crippen molar-refractivity contribution >= 4 is 15.9 Å². The summed E-state index contributed by atoms with van der Waals surface area (Å²) in [5.74, 6) is 0.943. The van der Waals surface area contributed by atoms with Gasteiger partial charge in [-0.15, -0.1) is 6.58 Å². The van der Waals surface area contributed by atoms with Crippen LogP contribution in [0.4, 0.5) is 0 Å². The van der Waals surface area contributed by atoms with E-state index in [1.165, 1.54) is 44.9 Å². The van der Waals surface area contributed by atoms with Crippen LogP contribution in [0.1, 0.15) is 44.9 Å². The lowest BCUT2D eigenvalue weighted by atomic mass is 9.85. The van der Waals surface area contributed by atoms with Gasteiger partial charge in [0.25, 0.3) is 0 Å². The maximum atomic E-state index is 3.78. The molecular formula is C11H19Br. The predicted molar refractivity (Wildman–Crippen MR) is 58.7 cm³/mol. The first kappa shape index (κ1) is 10.3. The summed E-state index contributed by atoms with van der Waals surface area (Å²) in [4.78, 5) is 0.802. The number of halogens is 1. The van der Waals surface area contributed by atoms with Gasteiger partial charge in [0, 0.05) is 4.83 Å². The van der Waals surface area contributed by atoms with E-state index in [1.807, 2.05) is 6.08 Å². The van der Waals surface area contributed by atoms with Crippen LogP contribution in [0.5, 0.6) is 0 Å². The van der Waals surface area contributed by atoms with Gasteiger partial charge in [0.15, 0.2) is 0 Å². The molecule has 1 saturated carbocycles. The zero-order valence-corrected chi connectivity index (χ0v) is 9.35. The number of hydrogen-bond donors (Lipinski definition) is 0. The van der Waals surface area contributed by atoms with Crippen LogP contribution < -0.4 is 0 Å². The van der Waals surface area contributed by atoms with Gasteiger partial charge in [-0.3, -0.25) is 0 Å². The average molecular weight is 231 g/mol. The minimum atomic E-state index is 0.802. The molecular weight excluding hydrogens is 212 g/mol. The molecule has 0 amide bonds. The van der Waals surface area contributed by atoms with Crippen LogP contribution in [0, 0.1) is 5.92 Å². The third-order valence-corrected chi connectivity index (χ3v) is 4.00. The fraction of sp³-hybridized carbons (Fsp3) is 0.818. The van der Waals surface area contributed by atoms with Crippen LogP contribution in [0.25, 0.3) is 0 Å². The highest BCUT2D eigenvalue weighted by Crippen LogP contribution is 2.33. The Labute approximate surface area is 84.6 Å². The summed E-state index contributed by atoms with van der Waals surface area (Å²) in [5.41, 5.74) is 0. The van der Waals surface area contributed by atoms with Crippen molar-refractivity contribution in [1.82, 2.24) is 0 Å². The Kier molecular flexibility index (Phi) is 4.98. The Morgan fingerprint density at radius 1 is 1.33 bits per heavy atom. The summed E-state index contributed by atoms with van der Waals surface area (Å²) in [6.45, 7) is 3.75. The van der Waals surface area contributed by atoms with Gasteiger partial charge in [-0.05, 0) is 38.0 Å². The summed E-state index contributed by atoms with van der Waals surface area (Å²) in [5, 5.41) is 0. The Morgan fingerprint density at radius 3 is 2.75 bits per heavy atom. The molecule has 0 saturated heterocycles. The van der Waals surface area contributed by atoms with Gasteiger partial charge in [0.2, 0.25) is 0 Å². The van der Waals surface area contributed by atoms with Crippen LogP contribution >= 0.6 is 15.9 Å². The molecule has 1 rings (SSSR count). The SMILES string of the molecule is C=CCCCC1CCCCC1Br. The van der Waals surface area contributed by atoms with Crippen molar-refractivity contribution in [3.8, 4) is 0 Å². The highest BCUT2D eigenvalue weighted by Gasteiger charge is 2.21. The molecule has 0 N–H and O–H groups in total. The minimum Gasteiger partial charge on any atom is -0.103 e. The summed E-state index contributed by atoms with van der Waals surface area (Å²) in [6.07, 6.45) is 11.6. The molecule has 0 nitrogen and oxygen atoms in total.